The minimum absolute atomic E-state index is 0.0787. The van der Waals surface area contributed by atoms with E-state index in [0.29, 0.717) is 18.7 Å². The highest BCUT2D eigenvalue weighted by Gasteiger charge is 2.25. The number of hydrogen-bond acceptors (Lipinski definition) is 5. The molecule has 8 heteroatoms. The van der Waals surface area contributed by atoms with Gasteiger partial charge < -0.3 is 14.9 Å². The Hall–Kier alpha value is -3.52. The van der Waals surface area contributed by atoms with Crippen molar-refractivity contribution in [1.29, 1.82) is 0 Å². The second kappa shape index (κ2) is 10.2. The molecule has 1 unspecified atom stereocenters. The number of nitrogens with zero attached hydrogens (tertiary/aromatic N) is 5. The number of H-pyrrole nitrogens is 1. The minimum Gasteiger partial charge on any atom is -0.352 e. The molecule has 1 atom stereocenters. The van der Waals surface area contributed by atoms with Crippen LogP contribution in [0, 0.1) is 0 Å². The Kier molecular flexibility index (Phi) is 6.67. The summed E-state index contributed by atoms with van der Waals surface area (Å²) in [5, 5.41) is 3.05. The molecule has 0 radical (unpaired) electrons. The van der Waals surface area contributed by atoms with Gasteiger partial charge in [-0.05, 0) is 62.9 Å². The second-order valence-corrected chi connectivity index (χ2v) is 9.02. The molecule has 0 saturated carbocycles. The van der Waals surface area contributed by atoms with E-state index in [1.165, 1.54) is 17.7 Å². The van der Waals surface area contributed by atoms with Crippen LogP contribution in [0.4, 0.5) is 0 Å². The van der Waals surface area contributed by atoms with Crippen LogP contribution in [0.2, 0.25) is 0 Å². The number of imidazole rings is 2. The first kappa shape index (κ1) is 22.3. The maximum absolute atomic E-state index is 12.9. The van der Waals surface area contributed by atoms with Gasteiger partial charge in [0.1, 0.15) is 11.3 Å². The fourth-order valence-electron chi connectivity index (χ4n) is 4.84. The van der Waals surface area contributed by atoms with Crippen molar-refractivity contribution in [3.63, 3.8) is 0 Å². The van der Waals surface area contributed by atoms with Gasteiger partial charge in [-0.25, -0.2) is 9.97 Å². The SMILES string of the molecule is CN(Cc1nc2c(C(=O)NCCCCn3ccnc3)cccc2[nH]1)C1CCCc2cccnc21. The first-order valence-corrected chi connectivity index (χ1v) is 12.0. The van der Waals surface area contributed by atoms with E-state index in [9.17, 15) is 4.79 Å². The van der Waals surface area contributed by atoms with Crippen LogP contribution in [0.25, 0.3) is 11.0 Å². The molecule has 1 aliphatic carbocycles. The Balaban J connectivity index is 1.22. The zero-order chi connectivity index (χ0) is 23.3. The van der Waals surface area contributed by atoms with E-state index in [1.807, 2.05) is 47.6 Å². The largest absolute Gasteiger partial charge is 0.352 e. The summed E-state index contributed by atoms with van der Waals surface area (Å²) in [6, 6.07) is 10.2. The van der Waals surface area contributed by atoms with Crippen molar-refractivity contribution in [1.82, 2.24) is 34.7 Å². The quantitative estimate of drug-likeness (QED) is 0.372. The van der Waals surface area contributed by atoms with Crippen LogP contribution in [0.3, 0.4) is 0 Å². The Morgan fingerprint density at radius 2 is 2.18 bits per heavy atom. The lowest BCUT2D eigenvalue weighted by Crippen LogP contribution is -2.28. The van der Waals surface area contributed by atoms with Gasteiger partial charge in [0.25, 0.3) is 5.91 Å². The Bertz CT molecular complexity index is 1250. The van der Waals surface area contributed by atoms with Gasteiger partial charge in [0.05, 0.1) is 35.7 Å². The van der Waals surface area contributed by atoms with Gasteiger partial charge in [0.2, 0.25) is 0 Å². The van der Waals surface area contributed by atoms with E-state index in [1.54, 1.807) is 6.20 Å². The third kappa shape index (κ3) is 4.87. The van der Waals surface area contributed by atoms with Gasteiger partial charge in [0, 0.05) is 31.7 Å². The van der Waals surface area contributed by atoms with Crippen LogP contribution in [-0.4, -0.2) is 48.9 Å². The first-order valence-electron chi connectivity index (χ1n) is 12.0. The molecule has 5 rings (SSSR count). The van der Waals surface area contributed by atoms with E-state index >= 15 is 0 Å². The van der Waals surface area contributed by atoms with Crippen molar-refractivity contribution >= 4 is 16.9 Å². The van der Waals surface area contributed by atoms with Gasteiger partial charge in [-0.15, -0.1) is 0 Å². The zero-order valence-corrected chi connectivity index (χ0v) is 19.6. The Morgan fingerprint density at radius 1 is 1.24 bits per heavy atom. The maximum atomic E-state index is 12.9. The molecule has 1 amide bonds. The average Bonchev–Trinajstić information content (AvgIpc) is 3.52. The molecule has 0 bridgehead atoms. The van der Waals surface area contributed by atoms with Crippen molar-refractivity contribution < 1.29 is 4.79 Å². The topological polar surface area (TPSA) is 91.7 Å². The highest BCUT2D eigenvalue weighted by atomic mass is 16.1. The monoisotopic (exact) mass is 457 g/mol. The molecule has 34 heavy (non-hydrogen) atoms. The van der Waals surface area contributed by atoms with Gasteiger partial charge in [-0.2, -0.15) is 0 Å². The van der Waals surface area contributed by atoms with Crippen molar-refractivity contribution in [2.45, 2.75) is 51.2 Å². The highest BCUT2D eigenvalue weighted by Crippen LogP contribution is 2.32. The number of unbranched alkanes of at least 4 members (excludes halogenated alkanes) is 1. The molecule has 0 aliphatic heterocycles. The number of aromatic nitrogens is 5. The molecule has 0 saturated heterocycles. The van der Waals surface area contributed by atoms with E-state index in [4.69, 9.17) is 4.98 Å². The van der Waals surface area contributed by atoms with Crippen molar-refractivity contribution in [3.8, 4) is 0 Å². The zero-order valence-electron chi connectivity index (χ0n) is 19.6. The second-order valence-electron chi connectivity index (χ2n) is 9.02. The van der Waals surface area contributed by atoms with Gasteiger partial charge in [0.15, 0.2) is 0 Å². The number of aryl methyl sites for hydroxylation is 2. The molecule has 4 aromatic rings. The lowest BCUT2D eigenvalue weighted by Gasteiger charge is -2.31. The molecule has 3 aromatic heterocycles. The summed E-state index contributed by atoms with van der Waals surface area (Å²) >= 11 is 0. The molecule has 0 spiro atoms. The Morgan fingerprint density at radius 3 is 3.06 bits per heavy atom. The first-order chi connectivity index (χ1) is 16.7. The molecule has 176 valence electrons. The lowest BCUT2D eigenvalue weighted by molar-refractivity contribution is 0.0954. The highest BCUT2D eigenvalue weighted by molar-refractivity contribution is 6.04. The number of pyridine rings is 1. The summed E-state index contributed by atoms with van der Waals surface area (Å²) in [4.78, 5) is 32.1. The summed E-state index contributed by atoms with van der Waals surface area (Å²) < 4.78 is 2.05. The number of aromatic amines is 1. The van der Waals surface area contributed by atoms with Crippen molar-refractivity contribution in [3.05, 3.63) is 77.9 Å². The third-order valence-corrected chi connectivity index (χ3v) is 6.59. The number of amides is 1. The van der Waals surface area contributed by atoms with Crippen LogP contribution in [0.1, 0.15) is 59.2 Å². The van der Waals surface area contributed by atoms with Crippen LogP contribution in [-0.2, 0) is 19.5 Å². The predicted molar refractivity (Wildman–Crippen MR) is 131 cm³/mol. The molecular weight excluding hydrogens is 426 g/mol. The summed E-state index contributed by atoms with van der Waals surface area (Å²) in [5.74, 6) is 0.784. The summed E-state index contributed by atoms with van der Waals surface area (Å²) in [6.45, 7) is 2.21. The van der Waals surface area contributed by atoms with Crippen molar-refractivity contribution in [2.24, 2.45) is 0 Å². The number of benzene rings is 1. The minimum atomic E-state index is -0.0787. The van der Waals surface area contributed by atoms with E-state index < -0.39 is 0 Å². The van der Waals surface area contributed by atoms with E-state index in [0.717, 1.165) is 49.1 Å². The van der Waals surface area contributed by atoms with Crippen molar-refractivity contribution in [2.75, 3.05) is 13.6 Å². The molecule has 3 heterocycles. The Labute approximate surface area is 199 Å². The van der Waals surface area contributed by atoms with Gasteiger partial charge >= 0.3 is 0 Å². The molecule has 0 fully saturated rings. The van der Waals surface area contributed by atoms with Gasteiger partial charge in [-0.3, -0.25) is 14.7 Å². The molecule has 2 N–H and O–H groups in total. The lowest BCUT2D eigenvalue weighted by atomic mass is 9.91. The third-order valence-electron chi connectivity index (χ3n) is 6.59. The normalized spacial score (nSPS) is 15.5. The molecular formula is C26H31N7O. The number of nitrogens with one attached hydrogen (secondary N) is 2. The predicted octanol–water partition coefficient (Wildman–Crippen LogP) is 3.87. The number of carbonyl (C=O) groups is 1. The molecule has 1 aliphatic rings. The number of para-hydroxylation sites is 1. The molecule has 1 aromatic carbocycles. The number of rotatable bonds is 9. The van der Waals surface area contributed by atoms with Gasteiger partial charge in [-0.1, -0.05) is 12.1 Å². The van der Waals surface area contributed by atoms with Crippen LogP contribution < -0.4 is 5.32 Å². The summed E-state index contributed by atoms with van der Waals surface area (Å²) in [7, 11) is 2.12. The number of hydrogen-bond donors (Lipinski definition) is 2. The van der Waals surface area contributed by atoms with E-state index in [-0.39, 0.29) is 11.9 Å². The number of fused-ring (bicyclic) bond motifs is 2. The fourth-order valence-corrected chi connectivity index (χ4v) is 4.84. The summed E-state index contributed by atoms with van der Waals surface area (Å²) in [5.41, 5.74) is 4.75. The standard InChI is InChI=1S/C26H31N7O/c1-32(22-11-4-7-19-8-6-13-28-24(19)22)17-23-30-21-10-5-9-20(25(21)31-23)26(34)29-12-2-3-15-33-16-14-27-18-33/h5-6,8-10,13-14,16,18,22H,2-4,7,11-12,15,17H2,1H3,(H,29,34)(H,30,31). The molecule has 8 nitrogen and oxygen atoms in total. The average molecular weight is 458 g/mol. The summed E-state index contributed by atoms with van der Waals surface area (Å²) in [6.07, 6.45) is 12.7. The van der Waals surface area contributed by atoms with E-state index in [2.05, 4.69) is 38.3 Å². The van der Waals surface area contributed by atoms with Crippen LogP contribution in [0.15, 0.2) is 55.2 Å². The maximum Gasteiger partial charge on any atom is 0.253 e. The van der Waals surface area contributed by atoms with Crippen LogP contribution >= 0.6 is 0 Å². The van der Waals surface area contributed by atoms with Crippen LogP contribution in [0.5, 0.6) is 0 Å². The number of carbonyl (C=O) groups excluding carboxylic acids is 1. The fraction of sp³-hybridized carbons (Fsp3) is 0.385. The smallest absolute Gasteiger partial charge is 0.253 e.